The third-order valence-corrected chi connectivity index (χ3v) is 5.31. The largest absolute Gasteiger partial charge is 0.496 e. The molecule has 9 heteroatoms. The molecule has 4 atom stereocenters. The van der Waals surface area contributed by atoms with Gasteiger partial charge in [-0.2, -0.15) is 0 Å². The molecule has 32 heavy (non-hydrogen) atoms. The monoisotopic (exact) mass is 449 g/mol. The summed E-state index contributed by atoms with van der Waals surface area (Å²) in [7, 11) is 4.25. The number of nitrogens with zero attached hydrogens (tertiary/aromatic N) is 1. The fraction of sp³-hybridized carbons (Fsp3) is 0.478. The first-order valence-electron chi connectivity index (χ1n) is 10.2. The van der Waals surface area contributed by atoms with Crippen LogP contribution < -0.4 is 9.47 Å². The highest BCUT2D eigenvalue weighted by molar-refractivity contribution is 5.57. The molecule has 0 radical (unpaired) electrons. The van der Waals surface area contributed by atoms with Crippen LogP contribution in [0.15, 0.2) is 42.5 Å². The standard InChI is InChI=1S/C23H31NO8/c1-15(10-20(26)21(13-25)32-14-16-8-6-5-7-9-16)22(30-3)18-11-17(29-2)12-19(24(27)28)23(18)31-4/h5-9,11-12,15,20-22,25-26H,10,13-14H2,1-4H3/t15-,20-,21+,22+/m0/s1. The van der Waals surface area contributed by atoms with Crippen LogP contribution in [0.2, 0.25) is 0 Å². The van der Waals surface area contributed by atoms with Crippen LogP contribution in [0.25, 0.3) is 0 Å². The van der Waals surface area contributed by atoms with Gasteiger partial charge in [-0.15, -0.1) is 0 Å². The lowest BCUT2D eigenvalue weighted by Gasteiger charge is -2.29. The van der Waals surface area contributed by atoms with E-state index in [2.05, 4.69) is 0 Å². The fourth-order valence-electron chi connectivity index (χ4n) is 3.68. The molecular formula is C23H31NO8. The topological polar surface area (TPSA) is 121 Å². The Kier molecular flexibility index (Phi) is 9.86. The number of rotatable bonds is 13. The van der Waals surface area contributed by atoms with Gasteiger partial charge in [-0.1, -0.05) is 37.3 Å². The van der Waals surface area contributed by atoms with Crippen LogP contribution in [-0.4, -0.2) is 55.3 Å². The molecule has 0 saturated heterocycles. The number of hydrogen-bond acceptors (Lipinski definition) is 8. The molecule has 176 valence electrons. The van der Waals surface area contributed by atoms with E-state index in [0.29, 0.717) is 11.3 Å². The zero-order valence-corrected chi connectivity index (χ0v) is 18.8. The lowest BCUT2D eigenvalue weighted by atomic mass is 9.89. The average molecular weight is 450 g/mol. The van der Waals surface area contributed by atoms with Crippen molar-refractivity contribution in [3.63, 3.8) is 0 Å². The lowest BCUT2D eigenvalue weighted by Crippen LogP contribution is -2.34. The molecule has 2 aromatic carbocycles. The first kappa shape index (κ1) is 25.5. The summed E-state index contributed by atoms with van der Waals surface area (Å²) in [6.07, 6.45) is -2.20. The van der Waals surface area contributed by atoms with E-state index < -0.39 is 23.2 Å². The van der Waals surface area contributed by atoms with Crippen LogP contribution in [0, 0.1) is 16.0 Å². The highest BCUT2D eigenvalue weighted by atomic mass is 16.6. The van der Waals surface area contributed by atoms with E-state index in [1.54, 1.807) is 6.07 Å². The SMILES string of the molecule is COc1cc([C@H](OC)[C@@H](C)C[C@H](O)[C@@H](CO)OCc2ccccc2)c(OC)c([N+](=O)[O-])c1. The number of nitro groups is 1. The minimum Gasteiger partial charge on any atom is -0.496 e. The van der Waals surface area contributed by atoms with Crippen molar-refractivity contribution in [1.29, 1.82) is 0 Å². The summed E-state index contributed by atoms with van der Waals surface area (Å²) in [5, 5.41) is 32.0. The summed E-state index contributed by atoms with van der Waals surface area (Å²) in [4.78, 5) is 11.0. The van der Waals surface area contributed by atoms with Crippen molar-refractivity contribution in [2.75, 3.05) is 27.9 Å². The average Bonchev–Trinajstić information content (AvgIpc) is 2.79. The minimum absolute atomic E-state index is 0.0722. The molecule has 0 unspecified atom stereocenters. The predicted molar refractivity (Wildman–Crippen MR) is 118 cm³/mol. The zero-order chi connectivity index (χ0) is 23.7. The van der Waals surface area contributed by atoms with E-state index in [1.165, 1.54) is 27.4 Å². The molecule has 0 spiro atoms. The van der Waals surface area contributed by atoms with Crippen LogP contribution in [-0.2, 0) is 16.1 Å². The number of hydrogen-bond donors (Lipinski definition) is 2. The van der Waals surface area contributed by atoms with Crippen LogP contribution in [0.1, 0.15) is 30.6 Å². The summed E-state index contributed by atoms with van der Waals surface area (Å²) in [6.45, 7) is 1.74. The fourth-order valence-corrected chi connectivity index (χ4v) is 3.68. The van der Waals surface area contributed by atoms with Crippen LogP contribution in [0.3, 0.4) is 0 Å². The first-order valence-corrected chi connectivity index (χ1v) is 10.2. The Morgan fingerprint density at radius 2 is 1.78 bits per heavy atom. The number of benzene rings is 2. The lowest BCUT2D eigenvalue weighted by molar-refractivity contribution is -0.385. The van der Waals surface area contributed by atoms with Gasteiger partial charge >= 0.3 is 5.69 Å². The molecule has 0 fully saturated rings. The maximum atomic E-state index is 11.5. The molecule has 2 aromatic rings. The molecule has 0 aromatic heterocycles. The third-order valence-electron chi connectivity index (χ3n) is 5.31. The Balaban J connectivity index is 2.20. The Hall–Kier alpha value is -2.72. The number of ether oxygens (including phenoxy) is 4. The Labute approximate surface area is 187 Å². The van der Waals surface area contributed by atoms with Gasteiger partial charge < -0.3 is 29.2 Å². The van der Waals surface area contributed by atoms with Gasteiger partial charge in [0.15, 0.2) is 0 Å². The normalized spacial score (nSPS) is 14.9. The highest BCUT2D eigenvalue weighted by Crippen LogP contribution is 2.42. The minimum atomic E-state index is -0.983. The van der Waals surface area contributed by atoms with Crippen LogP contribution in [0.4, 0.5) is 5.69 Å². The van der Waals surface area contributed by atoms with Gasteiger partial charge in [0.05, 0.1) is 50.6 Å². The molecule has 9 nitrogen and oxygen atoms in total. The van der Waals surface area contributed by atoms with E-state index in [0.717, 1.165) is 5.56 Å². The van der Waals surface area contributed by atoms with Crippen molar-refractivity contribution < 1.29 is 34.1 Å². The van der Waals surface area contributed by atoms with E-state index in [9.17, 15) is 20.3 Å². The summed E-state index contributed by atoms with van der Waals surface area (Å²) >= 11 is 0. The second-order valence-electron chi connectivity index (χ2n) is 7.48. The number of aliphatic hydroxyl groups excluding tert-OH is 2. The van der Waals surface area contributed by atoms with Crippen molar-refractivity contribution in [2.24, 2.45) is 5.92 Å². The number of nitro benzene ring substituents is 1. The Bertz CT molecular complexity index is 861. The highest BCUT2D eigenvalue weighted by Gasteiger charge is 2.32. The smallest absolute Gasteiger partial charge is 0.315 e. The zero-order valence-electron chi connectivity index (χ0n) is 18.8. The van der Waals surface area contributed by atoms with E-state index >= 15 is 0 Å². The maximum absolute atomic E-state index is 11.5. The summed E-state index contributed by atoms with van der Waals surface area (Å²) in [5.74, 6) is 0.0646. The van der Waals surface area contributed by atoms with Crippen molar-refractivity contribution in [1.82, 2.24) is 0 Å². The first-order chi connectivity index (χ1) is 15.4. The molecule has 0 aliphatic heterocycles. The van der Waals surface area contributed by atoms with E-state index in [-0.39, 0.29) is 37.0 Å². The molecule has 0 amide bonds. The quantitative estimate of drug-likeness (QED) is 0.353. The summed E-state index contributed by atoms with van der Waals surface area (Å²) in [6, 6.07) is 12.4. The Morgan fingerprint density at radius 3 is 2.31 bits per heavy atom. The van der Waals surface area contributed by atoms with E-state index in [4.69, 9.17) is 18.9 Å². The molecule has 0 bridgehead atoms. The van der Waals surface area contributed by atoms with Crippen molar-refractivity contribution >= 4 is 5.69 Å². The van der Waals surface area contributed by atoms with Gasteiger partial charge in [-0.3, -0.25) is 10.1 Å². The molecule has 2 N–H and O–H groups in total. The maximum Gasteiger partial charge on any atom is 0.315 e. The summed E-state index contributed by atoms with van der Waals surface area (Å²) < 4.78 is 21.9. The van der Waals surface area contributed by atoms with Gasteiger partial charge in [0, 0.05) is 12.7 Å². The molecular weight excluding hydrogens is 418 g/mol. The third kappa shape index (κ3) is 6.39. The molecule has 0 aliphatic rings. The van der Waals surface area contributed by atoms with Gasteiger partial charge in [0.2, 0.25) is 5.75 Å². The van der Waals surface area contributed by atoms with Gasteiger partial charge in [0.25, 0.3) is 0 Å². The van der Waals surface area contributed by atoms with E-state index in [1.807, 2.05) is 37.3 Å². The molecule has 0 aliphatic carbocycles. The van der Waals surface area contributed by atoms with Gasteiger partial charge in [0.1, 0.15) is 11.9 Å². The second-order valence-corrected chi connectivity index (χ2v) is 7.48. The summed E-state index contributed by atoms with van der Waals surface area (Å²) in [5.41, 5.74) is 1.12. The Morgan fingerprint density at radius 1 is 1.09 bits per heavy atom. The molecule has 2 rings (SSSR count). The molecule has 0 heterocycles. The van der Waals surface area contributed by atoms with Crippen molar-refractivity contribution in [3.05, 3.63) is 63.7 Å². The van der Waals surface area contributed by atoms with Crippen LogP contribution >= 0.6 is 0 Å². The second kappa shape index (κ2) is 12.4. The number of methoxy groups -OCH3 is 3. The van der Waals surface area contributed by atoms with Gasteiger partial charge in [-0.05, 0) is 24.0 Å². The number of aliphatic hydroxyl groups is 2. The predicted octanol–water partition coefficient (Wildman–Crippen LogP) is 3.26. The van der Waals surface area contributed by atoms with Crippen LogP contribution in [0.5, 0.6) is 11.5 Å². The molecule has 0 saturated carbocycles. The van der Waals surface area contributed by atoms with Gasteiger partial charge in [-0.25, -0.2) is 0 Å². The van der Waals surface area contributed by atoms with Crippen molar-refractivity contribution in [3.8, 4) is 11.5 Å². The van der Waals surface area contributed by atoms with Crippen molar-refractivity contribution in [2.45, 2.75) is 38.3 Å².